The van der Waals surface area contributed by atoms with Gasteiger partial charge in [0.2, 0.25) is 0 Å². The van der Waals surface area contributed by atoms with E-state index in [2.05, 4.69) is 48.1 Å². The number of nitrogens with one attached hydrogen (secondary N) is 1. The van der Waals surface area contributed by atoms with Crippen LogP contribution in [0.15, 0.2) is 41.5 Å². The van der Waals surface area contributed by atoms with Crippen LogP contribution in [0.25, 0.3) is 0 Å². The van der Waals surface area contributed by atoms with Crippen molar-refractivity contribution in [2.75, 3.05) is 5.32 Å². The van der Waals surface area contributed by atoms with Crippen LogP contribution in [-0.4, -0.2) is 12.3 Å². The number of para-hydroxylation sites is 1. The molecule has 0 radical (unpaired) electrons. The molecular weight excluding hydrogens is 184 g/mol. The molecule has 1 aromatic rings. The molecule has 2 nitrogen and oxygen atoms in total. The maximum Gasteiger partial charge on any atom is 0.0657 e. The number of hydrogen-bond donors (Lipinski definition) is 1. The predicted molar refractivity (Wildman–Crippen MR) is 65.5 cm³/mol. The highest BCUT2D eigenvalue weighted by Crippen LogP contribution is 2.24. The lowest BCUT2D eigenvalue weighted by molar-refractivity contribution is 0.975. The molecule has 1 N–H and O–H groups in total. The van der Waals surface area contributed by atoms with E-state index in [0.717, 1.165) is 18.5 Å². The third-order valence-corrected chi connectivity index (χ3v) is 2.64. The van der Waals surface area contributed by atoms with E-state index in [4.69, 9.17) is 0 Å². The van der Waals surface area contributed by atoms with Crippen molar-refractivity contribution in [2.24, 2.45) is 4.99 Å². The van der Waals surface area contributed by atoms with Crippen LogP contribution in [0.3, 0.4) is 0 Å². The molecule has 1 aliphatic rings. The molecule has 2 rings (SSSR count). The molecule has 1 aromatic carbocycles. The maximum absolute atomic E-state index is 4.33. The van der Waals surface area contributed by atoms with Crippen LogP contribution >= 0.6 is 0 Å². The Morgan fingerprint density at radius 3 is 3.13 bits per heavy atom. The van der Waals surface area contributed by atoms with Crippen molar-refractivity contribution in [3.8, 4) is 0 Å². The number of benzene rings is 1. The highest BCUT2D eigenvalue weighted by molar-refractivity contribution is 5.75. The molecule has 15 heavy (non-hydrogen) atoms. The molecule has 0 aliphatic carbocycles. The van der Waals surface area contributed by atoms with Gasteiger partial charge in [-0.1, -0.05) is 31.7 Å². The second-order valence-corrected chi connectivity index (χ2v) is 3.81. The first-order valence-corrected chi connectivity index (χ1v) is 5.36. The molecule has 0 amide bonds. The normalized spacial score (nSPS) is 18.9. The van der Waals surface area contributed by atoms with Crippen molar-refractivity contribution in [2.45, 2.75) is 25.8 Å². The van der Waals surface area contributed by atoms with E-state index >= 15 is 0 Å². The average molecular weight is 200 g/mol. The van der Waals surface area contributed by atoms with Gasteiger partial charge in [0, 0.05) is 17.6 Å². The van der Waals surface area contributed by atoms with Crippen molar-refractivity contribution >= 4 is 11.9 Å². The fraction of sp³-hybridized carbons (Fsp3) is 0.308. The summed E-state index contributed by atoms with van der Waals surface area (Å²) in [6, 6.07) is 8.72. The standard InChI is InChI=1S/C13H16N2/c1-3-10(2)14-9-12-8-11-6-4-5-7-13(11)15-12/h4-7,9,12,15H,2-3,8H2,1H3/t12-/m0/s1. The van der Waals surface area contributed by atoms with E-state index in [1.165, 1.54) is 11.3 Å². The summed E-state index contributed by atoms with van der Waals surface area (Å²) in [6.45, 7) is 5.92. The van der Waals surface area contributed by atoms with Gasteiger partial charge in [0.05, 0.1) is 6.04 Å². The summed E-state index contributed by atoms with van der Waals surface area (Å²) >= 11 is 0. The Bertz CT molecular complexity index is 368. The third kappa shape index (κ3) is 2.27. The molecule has 2 heteroatoms. The van der Waals surface area contributed by atoms with E-state index in [1.54, 1.807) is 0 Å². The maximum atomic E-state index is 4.33. The Hall–Kier alpha value is -1.57. The van der Waals surface area contributed by atoms with Gasteiger partial charge in [0.25, 0.3) is 0 Å². The summed E-state index contributed by atoms with van der Waals surface area (Å²) < 4.78 is 0. The van der Waals surface area contributed by atoms with Crippen LogP contribution in [0.1, 0.15) is 18.9 Å². The van der Waals surface area contributed by atoms with E-state index in [9.17, 15) is 0 Å². The lowest BCUT2D eigenvalue weighted by atomic mass is 10.1. The number of aliphatic imine (C=N–C) groups is 1. The van der Waals surface area contributed by atoms with E-state index in [0.29, 0.717) is 6.04 Å². The number of anilines is 1. The van der Waals surface area contributed by atoms with Crippen molar-refractivity contribution < 1.29 is 0 Å². The molecule has 0 bridgehead atoms. The minimum atomic E-state index is 0.325. The number of rotatable bonds is 3. The number of fused-ring (bicyclic) bond motifs is 1. The van der Waals surface area contributed by atoms with Gasteiger partial charge in [0.1, 0.15) is 0 Å². The van der Waals surface area contributed by atoms with E-state index in [-0.39, 0.29) is 0 Å². The minimum absolute atomic E-state index is 0.325. The van der Waals surface area contributed by atoms with Crippen LogP contribution in [0.2, 0.25) is 0 Å². The molecule has 0 unspecified atom stereocenters. The van der Waals surface area contributed by atoms with E-state index in [1.807, 2.05) is 6.21 Å². The van der Waals surface area contributed by atoms with Gasteiger partial charge in [-0.25, -0.2) is 0 Å². The topological polar surface area (TPSA) is 24.4 Å². The molecular formula is C13H16N2. The largest absolute Gasteiger partial charge is 0.377 e. The molecule has 0 aromatic heterocycles. The SMILES string of the molecule is C=C(CC)N=C[C@@H]1Cc2ccccc2N1. The number of hydrogen-bond acceptors (Lipinski definition) is 2. The summed E-state index contributed by atoms with van der Waals surface area (Å²) in [7, 11) is 0. The Morgan fingerprint density at radius 1 is 1.60 bits per heavy atom. The molecule has 1 atom stereocenters. The zero-order valence-electron chi connectivity index (χ0n) is 9.03. The fourth-order valence-electron chi connectivity index (χ4n) is 1.70. The molecule has 0 spiro atoms. The molecule has 78 valence electrons. The molecule has 1 heterocycles. The van der Waals surface area contributed by atoms with Crippen LogP contribution < -0.4 is 5.32 Å². The predicted octanol–water partition coefficient (Wildman–Crippen LogP) is 3.02. The van der Waals surface area contributed by atoms with Crippen molar-refractivity contribution in [1.29, 1.82) is 0 Å². The zero-order chi connectivity index (χ0) is 10.7. The second kappa shape index (κ2) is 4.30. The Morgan fingerprint density at radius 2 is 2.40 bits per heavy atom. The molecule has 0 fully saturated rings. The van der Waals surface area contributed by atoms with Crippen LogP contribution in [0.4, 0.5) is 5.69 Å². The van der Waals surface area contributed by atoms with Gasteiger partial charge in [-0.2, -0.15) is 0 Å². The van der Waals surface area contributed by atoms with Gasteiger partial charge < -0.3 is 5.32 Å². The highest BCUT2D eigenvalue weighted by atomic mass is 15.0. The zero-order valence-corrected chi connectivity index (χ0v) is 9.03. The summed E-state index contributed by atoms with van der Waals surface area (Å²) in [4.78, 5) is 4.33. The lowest BCUT2D eigenvalue weighted by Gasteiger charge is -2.04. The highest BCUT2D eigenvalue weighted by Gasteiger charge is 2.17. The van der Waals surface area contributed by atoms with Gasteiger partial charge in [0.15, 0.2) is 0 Å². The fourth-order valence-corrected chi connectivity index (χ4v) is 1.70. The van der Waals surface area contributed by atoms with Crippen molar-refractivity contribution in [1.82, 2.24) is 0 Å². The summed E-state index contributed by atoms with van der Waals surface area (Å²) in [5.74, 6) is 0. The second-order valence-electron chi connectivity index (χ2n) is 3.81. The first-order valence-electron chi connectivity index (χ1n) is 5.36. The minimum Gasteiger partial charge on any atom is -0.377 e. The van der Waals surface area contributed by atoms with E-state index < -0.39 is 0 Å². The third-order valence-electron chi connectivity index (χ3n) is 2.64. The Labute approximate surface area is 90.7 Å². The monoisotopic (exact) mass is 200 g/mol. The summed E-state index contributed by atoms with van der Waals surface area (Å²) in [5.41, 5.74) is 3.54. The summed E-state index contributed by atoms with van der Waals surface area (Å²) in [6.07, 6.45) is 3.90. The first kappa shape index (κ1) is 9.97. The Balaban J connectivity index is 2.02. The lowest BCUT2D eigenvalue weighted by Crippen LogP contribution is -2.16. The van der Waals surface area contributed by atoms with Crippen LogP contribution in [0.5, 0.6) is 0 Å². The van der Waals surface area contributed by atoms with Crippen molar-refractivity contribution in [3.05, 3.63) is 42.1 Å². The molecule has 0 saturated heterocycles. The average Bonchev–Trinajstić information content (AvgIpc) is 2.68. The van der Waals surface area contributed by atoms with Gasteiger partial charge in [-0.05, 0) is 24.5 Å². The van der Waals surface area contributed by atoms with Crippen molar-refractivity contribution in [3.63, 3.8) is 0 Å². The smallest absolute Gasteiger partial charge is 0.0657 e. The quantitative estimate of drug-likeness (QED) is 0.745. The van der Waals surface area contributed by atoms with Gasteiger partial charge in [-0.3, -0.25) is 4.99 Å². The first-order chi connectivity index (χ1) is 7.29. The molecule has 0 saturated carbocycles. The van der Waals surface area contributed by atoms with Crippen LogP contribution in [-0.2, 0) is 6.42 Å². The van der Waals surface area contributed by atoms with Gasteiger partial charge >= 0.3 is 0 Å². The van der Waals surface area contributed by atoms with Crippen LogP contribution in [0, 0.1) is 0 Å². The Kier molecular flexibility index (Phi) is 2.86. The summed E-state index contributed by atoms with van der Waals surface area (Å²) in [5, 5.41) is 3.42. The molecule has 1 aliphatic heterocycles. The number of nitrogens with zero attached hydrogens (tertiary/aromatic N) is 1. The number of allylic oxidation sites excluding steroid dienone is 1. The van der Waals surface area contributed by atoms with Gasteiger partial charge in [-0.15, -0.1) is 0 Å².